The van der Waals surface area contributed by atoms with Crippen molar-refractivity contribution in [2.45, 2.75) is 51.8 Å². The molecular weight excluding hydrogens is 450 g/mol. The molecule has 0 saturated carbocycles. The van der Waals surface area contributed by atoms with Crippen molar-refractivity contribution in [2.75, 3.05) is 18.1 Å². The van der Waals surface area contributed by atoms with Gasteiger partial charge in [0.25, 0.3) is 0 Å². The van der Waals surface area contributed by atoms with Gasteiger partial charge in [-0.1, -0.05) is 32.9 Å². The monoisotopic (exact) mass is 479 g/mol. The number of benzene rings is 1. The van der Waals surface area contributed by atoms with Crippen LogP contribution in [0.5, 0.6) is 0 Å². The number of nitrogens with two attached hydrogens (primary N) is 1. The van der Waals surface area contributed by atoms with Crippen LogP contribution in [-0.2, 0) is 27.7 Å². The van der Waals surface area contributed by atoms with Crippen LogP contribution in [0.4, 0.5) is 10.5 Å². The summed E-state index contributed by atoms with van der Waals surface area (Å²) in [6.45, 7) is 6.13. The Balaban J connectivity index is 1.26. The number of ether oxygens (including phenoxy) is 2. The summed E-state index contributed by atoms with van der Waals surface area (Å²) in [5, 5.41) is 12.1. The maximum Gasteiger partial charge on any atom is 0.415 e. The topological polar surface area (TPSA) is 138 Å². The summed E-state index contributed by atoms with van der Waals surface area (Å²) in [6, 6.07) is 5.07. The van der Waals surface area contributed by atoms with Gasteiger partial charge in [-0.3, -0.25) is 14.7 Å². The zero-order valence-electron chi connectivity index (χ0n) is 20.3. The predicted octanol–water partition coefficient (Wildman–Crippen LogP) is 1.65. The summed E-state index contributed by atoms with van der Waals surface area (Å²) < 4.78 is 11.0. The Hall–Kier alpha value is -3.60. The van der Waals surface area contributed by atoms with Crippen LogP contribution < -0.4 is 10.6 Å². The molecule has 1 aromatic heterocycles. The van der Waals surface area contributed by atoms with Gasteiger partial charge in [0, 0.05) is 6.42 Å². The van der Waals surface area contributed by atoms with Gasteiger partial charge in [-0.2, -0.15) is 4.80 Å². The zero-order chi connectivity index (χ0) is 24.9. The van der Waals surface area contributed by atoms with Crippen molar-refractivity contribution in [3.05, 3.63) is 41.2 Å². The van der Waals surface area contributed by atoms with E-state index in [1.54, 1.807) is 11.9 Å². The zero-order valence-corrected chi connectivity index (χ0v) is 20.3. The fourth-order valence-electron chi connectivity index (χ4n) is 4.53. The highest BCUT2D eigenvalue weighted by Crippen LogP contribution is 2.40. The first kappa shape index (κ1) is 23.2. The van der Waals surface area contributed by atoms with E-state index in [1.165, 1.54) is 4.80 Å². The number of cyclic esters (lactones) is 1. The normalized spacial score (nSPS) is 22.2. The van der Waals surface area contributed by atoms with Gasteiger partial charge in [-0.05, 0) is 45.9 Å². The van der Waals surface area contributed by atoms with E-state index in [1.807, 2.05) is 32.9 Å². The largest absolute Gasteiger partial charge is 0.460 e. The molecule has 3 aliphatic rings. The maximum atomic E-state index is 12.6. The van der Waals surface area contributed by atoms with Gasteiger partial charge in [0.15, 0.2) is 6.10 Å². The van der Waals surface area contributed by atoms with Crippen LogP contribution in [0.25, 0.3) is 5.57 Å². The fourth-order valence-corrected chi connectivity index (χ4v) is 4.53. The van der Waals surface area contributed by atoms with Crippen LogP contribution in [-0.4, -0.2) is 69.3 Å². The number of aryl methyl sites for hydroxylation is 1. The van der Waals surface area contributed by atoms with Crippen molar-refractivity contribution in [2.24, 2.45) is 23.2 Å². The van der Waals surface area contributed by atoms with Gasteiger partial charge in [0.2, 0.25) is 5.82 Å². The third-order valence-corrected chi connectivity index (χ3v) is 6.67. The number of hydrogen-bond acceptors (Lipinski definition) is 9. The smallest absolute Gasteiger partial charge is 0.415 e. The van der Waals surface area contributed by atoms with E-state index >= 15 is 0 Å². The molecule has 1 fully saturated rings. The number of rotatable bonds is 5. The van der Waals surface area contributed by atoms with Gasteiger partial charge in [0.1, 0.15) is 12.6 Å². The molecule has 0 aliphatic carbocycles. The average molecular weight is 480 g/mol. The molecule has 11 heteroatoms. The highest BCUT2D eigenvalue weighted by Gasteiger charge is 2.48. The third kappa shape index (κ3) is 4.31. The van der Waals surface area contributed by atoms with Crippen LogP contribution in [0, 0.1) is 5.41 Å². The summed E-state index contributed by atoms with van der Waals surface area (Å²) in [4.78, 5) is 32.7. The minimum atomic E-state index is -0.754. The number of esters is 1. The van der Waals surface area contributed by atoms with E-state index < -0.39 is 29.6 Å². The molecule has 1 amide bonds. The Bertz CT molecular complexity index is 1240. The molecule has 1 saturated heterocycles. The number of amides is 1. The number of aromatic nitrogens is 4. The first-order valence-corrected chi connectivity index (χ1v) is 11.6. The summed E-state index contributed by atoms with van der Waals surface area (Å²) in [5.74, 6) is 0.0525. The Kier molecular flexibility index (Phi) is 5.66. The number of allylic oxidation sites excluding steroid dienone is 1. The molecule has 3 unspecified atom stereocenters. The van der Waals surface area contributed by atoms with Crippen LogP contribution >= 0.6 is 0 Å². The van der Waals surface area contributed by atoms with Gasteiger partial charge in [-0.25, -0.2) is 4.79 Å². The number of aliphatic imine (C=N–C) groups is 1. The van der Waals surface area contributed by atoms with E-state index in [0.29, 0.717) is 25.2 Å². The summed E-state index contributed by atoms with van der Waals surface area (Å²) >= 11 is 0. The molecule has 0 bridgehead atoms. The first-order chi connectivity index (χ1) is 16.6. The molecule has 11 nitrogen and oxygen atoms in total. The van der Waals surface area contributed by atoms with Crippen LogP contribution in [0.2, 0.25) is 0 Å². The molecular formula is C24H29N7O4. The summed E-state index contributed by atoms with van der Waals surface area (Å²) in [6.07, 6.45) is 2.41. The lowest BCUT2D eigenvalue weighted by atomic mass is 9.87. The molecule has 5 rings (SSSR count). The van der Waals surface area contributed by atoms with E-state index in [2.05, 4.69) is 32.5 Å². The fraction of sp³-hybridized carbons (Fsp3) is 0.500. The van der Waals surface area contributed by atoms with E-state index in [9.17, 15) is 9.59 Å². The number of carbonyl (C=O) groups excluding carboxylic acids is 2. The number of hydrogen-bond donors (Lipinski definition) is 1. The molecule has 3 aliphatic heterocycles. The van der Waals surface area contributed by atoms with Crippen molar-refractivity contribution >= 4 is 29.0 Å². The second-order valence-electron chi connectivity index (χ2n) is 10.2. The second kappa shape index (κ2) is 8.56. The molecule has 0 spiro atoms. The minimum absolute atomic E-state index is 0.0184. The number of carbonyl (C=O) groups is 2. The van der Waals surface area contributed by atoms with E-state index in [4.69, 9.17) is 15.2 Å². The van der Waals surface area contributed by atoms with Crippen molar-refractivity contribution in [1.29, 1.82) is 0 Å². The average Bonchev–Trinajstić information content (AvgIpc) is 3.51. The number of nitrogens with zero attached hydrogens (tertiary/aromatic N) is 6. The second-order valence-corrected chi connectivity index (χ2v) is 10.2. The third-order valence-electron chi connectivity index (χ3n) is 6.67. The maximum absolute atomic E-state index is 12.6. The first-order valence-electron chi connectivity index (χ1n) is 11.6. The molecule has 35 heavy (non-hydrogen) atoms. The molecule has 2 aromatic rings. The van der Waals surface area contributed by atoms with Crippen LogP contribution in [0.3, 0.4) is 0 Å². The summed E-state index contributed by atoms with van der Waals surface area (Å²) in [7, 11) is 1.72. The van der Waals surface area contributed by atoms with Crippen molar-refractivity contribution in [3.63, 3.8) is 0 Å². The lowest BCUT2D eigenvalue weighted by Crippen LogP contribution is -2.45. The highest BCUT2D eigenvalue weighted by molar-refractivity contribution is 6.01. The SMILES string of the molecule is Cn1nnc(C2=NCC(c3ccc4c(c3)CC3C(COC(=O)C(N)C(C)(C)C)OC(=O)N43)=CC2)n1. The Morgan fingerprint density at radius 2 is 2.14 bits per heavy atom. The lowest BCUT2D eigenvalue weighted by Gasteiger charge is -2.25. The Labute approximate surface area is 203 Å². The Morgan fingerprint density at radius 3 is 2.80 bits per heavy atom. The van der Waals surface area contributed by atoms with Gasteiger partial charge in [0.05, 0.1) is 31.0 Å². The minimum Gasteiger partial charge on any atom is -0.460 e. The van der Waals surface area contributed by atoms with Gasteiger partial charge < -0.3 is 15.2 Å². The number of anilines is 1. The van der Waals surface area contributed by atoms with Crippen molar-refractivity contribution in [3.8, 4) is 0 Å². The van der Waals surface area contributed by atoms with Gasteiger partial charge in [-0.15, -0.1) is 10.2 Å². The predicted molar refractivity (Wildman–Crippen MR) is 128 cm³/mol. The van der Waals surface area contributed by atoms with Crippen LogP contribution in [0.15, 0.2) is 29.3 Å². The molecule has 1 aromatic carbocycles. The van der Waals surface area contributed by atoms with Crippen molar-refractivity contribution < 1.29 is 19.1 Å². The Morgan fingerprint density at radius 1 is 1.34 bits per heavy atom. The van der Waals surface area contributed by atoms with Crippen LogP contribution in [0.1, 0.15) is 44.1 Å². The number of tetrazole rings is 1. The molecule has 184 valence electrons. The number of fused-ring (bicyclic) bond motifs is 3. The van der Waals surface area contributed by atoms with Crippen molar-refractivity contribution in [1.82, 2.24) is 20.2 Å². The van der Waals surface area contributed by atoms with E-state index in [-0.39, 0.29) is 12.6 Å². The molecule has 3 atom stereocenters. The summed E-state index contributed by atoms with van der Waals surface area (Å²) in [5.41, 5.74) is 10.4. The number of dihydropyridines is 1. The quantitative estimate of drug-likeness (QED) is 0.639. The van der Waals surface area contributed by atoms with Gasteiger partial charge >= 0.3 is 12.1 Å². The molecule has 4 heterocycles. The molecule has 0 radical (unpaired) electrons. The van der Waals surface area contributed by atoms with E-state index in [0.717, 1.165) is 28.1 Å². The lowest BCUT2D eigenvalue weighted by molar-refractivity contribution is -0.150. The molecule has 2 N–H and O–H groups in total. The highest BCUT2D eigenvalue weighted by atomic mass is 16.6. The standard InChI is InChI=1S/C24H29N7O4/c1-24(2,3)20(25)22(32)34-12-19-18-10-15-9-13(6-8-17(15)31(18)23(33)35-19)14-5-7-16(26-11-14)21-27-29-30(4)28-21/h5-6,8-9,18-20H,7,10-12,25H2,1-4H3.